The highest BCUT2D eigenvalue weighted by molar-refractivity contribution is 7.99. The molecule has 0 aliphatic rings. The number of H-pyrrole nitrogens is 1. The van der Waals surface area contributed by atoms with Crippen molar-refractivity contribution in [2.24, 2.45) is 0 Å². The average molecular weight is 306 g/mol. The van der Waals surface area contributed by atoms with E-state index in [2.05, 4.69) is 25.5 Å². The minimum Gasteiger partial charge on any atom is -0.337 e. The van der Waals surface area contributed by atoms with Gasteiger partial charge in [-0.25, -0.2) is 9.78 Å². The molecule has 0 spiro atoms. The van der Waals surface area contributed by atoms with Crippen LogP contribution in [0.2, 0.25) is 0 Å². The molecule has 0 aromatic carbocycles. The van der Waals surface area contributed by atoms with E-state index in [1.165, 1.54) is 18.1 Å². The van der Waals surface area contributed by atoms with Crippen molar-refractivity contribution in [1.29, 1.82) is 0 Å². The van der Waals surface area contributed by atoms with Crippen LogP contribution in [-0.4, -0.2) is 49.9 Å². The largest absolute Gasteiger partial charge is 0.337 e. The van der Waals surface area contributed by atoms with Gasteiger partial charge in [0, 0.05) is 37.8 Å². The fraction of sp³-hybridized carbons (Fsp3) is 0.385. The molecular weight excluding hydrogens is 288 g/mol. The fourth-order valence-corrected chi connectivity index (χ4v) is 2.35. The Morgan fingerprint density at radius 3 is 2.90 bits per heavy atom. The maximum absolute atomic E-state index is 12.1. The molecule has 21 heavy (non-hydrogen) atoms. The van der Waals surface area contributed by atoms with E-state index in [1.54, 1.807) is 17.3 Å². The Morgan fingerprint density at radius 1 is 1.43 bits per heavy atom. The molecule has 0 atom stereocenters. The molecule has 2 amide bonds. The number of hydrogen-bond donors (Lipinski definition) is 2. The molecule has 7 nitrogen and oxygen atoms in total. The molecule has 0 aliphatic carbocycles. The van der Waals surface area contributed by atoms with E-state index >= 15 is 0 Å². The van der Waals surface area contributed by atoms with E-state index < -0.39 is 0 Å². The molecule has 2 rings (SSSR count). The van der Waals surface area contributed by atoms with Crippen LogP contribution in [0.15, 0.2) is 36.0 Å². The van der Waals surface area contributed by atoms with Crippen LogP contribution in [-0.2, 0) is 6.54 Å². The number of carbonyl (C=O) groups excluding carboxylic acids is 1. The van der Waals surface area contributed by atoms with Crippen molar-refractivity contribution >= 4 is 17.8 Å². The molecule has 0 unspecified atom stereocenters. The lowest BCUT2D eigenvalue weighted by Crippen LogP contribution is -2.40. The molecule has 2 N–H and O–H groups in total. The number of urea groups is 1. The fourth-order valence-electron chi connectivity index (χ4n) is 1.72. The third-order valence-electron chi connectivity index (χ3n) is 2.80. The molecule has 2 aromatic rings. The van der Waals surface area contributed by atoms with Crippen molar-refractivity contribution < 1.29 is 4.79 Å². The minimum absolute atomic E-state index is 0.0625. The first kappa shape index (κ1) is 15.3. The molecule has 0 saturated carbocycles. The van der Waals surface area contributed by atoms with Crippen molar-refractivity contribution in [3.05, 3.63) is 36.4 Å². The maximum Gasteiger partial charge on any atom is 0.317 e. The van der Waals surface area contributed by atoms with E-state index in [-0.39, 0.29) is 6.03 Å². The second-order valence-electron chi connectivity index (χ2n) is 4.24. The Hall–Kier alpha value is -2.09. The van der Waals surface area contributed by atoms with Gasteiger partial charge in [0.25, 0.3) is 0 Å². The van der Waals surface area contributed by atoms with Gasteiger partial charge in [-0.2, -0.15) is 5.10 Å². The molecular formula is C13H18N6OS. The Balaban J connectivity index is 1.72. The van der Waals surface area contributed by atoms with Crippen LogP contribution in [0.3, 0.4) is 0 Å². The minimum atomic E-state index is -0.0625. The number of hydrogen-bond acceptors (Lipinski definition) is 5. The number of thioether (sulfide) groups is 1. The number of carbonyl (C=O) groups is 1. The number of aromatic nitrogens is 4. The van der Waals surface area contributed by atoms with Crippen molar-refractivity contribution in [2.75, 3.05) is 18.8 Å². The van der Waals surface area contributed by atoms with Crippen LogP contribution in [0.5, 0.6) is 0 Å². The van der Waals surface area contributed by atoms with Crippen molar-refractivity contribution in [2.45, 2.75) is 18.6 Å². The van der Waals surface area contributed by atoms with Gasteiger partial charge in [0.1, 0.15) is 6.33 Å². The van der Waals surface area contributed by atoms with Crippen LogP contribution in [0.25, 0.3) is 0 Å². The van der Waals surface area contributed by atoms with E-state index in [4.69, 9.17) is 0 Å². The molecule has 0 aliphatic heterocycles. The second-order valence-corrected chi connectivity index (χ2v) is 5.32. The van der Waals surface area contributed by atoms with Gasteiger partial charge in [0.2, 0.25) is 0 Å². The first-order chi connectivity index (χ1) is 10.3. The summed E-state index contributed by atoms with van der Waals surface area (Å²) in [5.74, 6) is 0.744. The lowest BCUT2D eigenvalue weighted by Gasteiger charge is -2.21. The monoisotopic (exact) mass is 306 g/mol. The van der Waals surface area contributed by atoms with Gasteiger partial charge >= 0.3 is 6.03 Å². The van der Waals surface area contributed by atoms with Crippen LogP contribution in [0, 0.1) is 0 Å². The Kier molecular flexibility index (Phi) is 6.01. The van der Waals surface area contributed by atoms with Crippen LogP contribution in [0.4, 0.5) is 4.79 Å². The highest BCUT2D eigenvalue weighted by Crippen LogP contribution is 2.09. The van der Waals surface area contributed by atoms with Gasteiger partial charge < -0.3 is 10.2 Å². The summed E-state index contributed by atoms with van der Waals surface area (Å²) < 4.78 is 0. The topological polar surface area (TPSA) is 86.8 Å². The quantitative estimate of drug-likeness (QED) is 0.598. The van der Waals surface area contributed by atoms with Crippen molar-refractivity contribution in [1.82, 2.24) is 30.4 Å². The molecule has 0 fully saturated rings. The standard InChI is InChI=1S/C13H18N6OS/c1-2-19(9-11-3-5-14-6-4-11)13(20)15-7-8-21-12-16-10-17-18-12/h3-6,10H,2,7-9H2,1H3,(H,15,20)(H,16,17,18). The predicted molar refractivity (Wildman–Crippen MR) is 80.8 cm³/mol. The van der Waals surface area contributed by atoms with E-state index in [0.29, 0.717) is 19.6 Å². The van der Waals surface area contributed by atoms with Crippen LogP contribution >= 0.6 is 11.8 Å². The van der Waals surface area contributed by atoms with E-state index in [1.807, 2.05) is 19.1 Å². The Morgan fingerprint density at radius 2 is 2.24 bits per heavy atom. The lowest BCUT2D eigenvalue weighted by atomic mass is 10.2. The summed E-state index contributed by atoms with van der Waals surface area (Å²) in [4.78, 5) is 21.8. The maximum atomic E-state index is 12.1. The van der Waals surface area contributed by atoms with E-state index in [9.17, 15) is 4.79 Å². The zero-order valence-corrected chi connectivity index (χ0v) is 12.6. The van der Waals surface area contributed by atoms with Gasteiger partial charge in [-0.3, -0.25) is 10.1 Å². The first-order valence-electron chi connectivity index (χ1n) is 6.69. The lowest BCUT2D eigenvalue weighted by molar-refractivity contribution is 0.199. The SMILES string of the molecule is CCN(Cc1ccncc1)C(=O)NCCSc1ncn[nH]1. The zero-order chi connectivity index (χ0) is 14.9. The number of pyridine rings is 1. The number of amides is 2. The van der Waals surface area contributed by atoms with Crippen LogP contribution < -0.4 is 5.32 Å². The first-order valence-corrected chi connectivity index (χ1v) is 7.68. The molecule has 112 valence electrons. The highest BCUT2D eigenvalue weighted by atomic mass is 32.2. The van der Waals surface area contributed by atoms with Crippen molar-refractivity contribution in [3.8, 4) is 0 Å². The number of rotatable bonds is 7. The van der Waals surface area contributed by atoms with Gasteiger partial charge in [0.05, 0.1) is 0 Å². The van der Waals surface area contributed by atoms with Gasteiger partial charge in [0.15, 0.2) is 5.16 Å². The summed E-state index contributed by atoms with van der Waals surface area (Å²) >= 11 is 1.52. The summed E-state index contributed by atoms with van der Waals surface area (Å²) in [6.07, 6.45) is 4.93. The van der Waals surface area contributed by atoms with Gasteiger partial charge in [-0.05, 0) is 24.6 Å². The van der Waals surface area contributed by atoms with Gasteiger partial charge in [-0.15, -0.1) is 0 Å². The zero-order valence-electron chi connectivity index (χ0n) is 11.8. The molecule has 2 heterocycles. The predicted octanol–water partition coefficient (Wildman–Crippen LogP) is 1.52. The highest BCUT2D eigenvalue weighted by Gasteiger charge is 2.11. The Bertz CT molecular complexity index is 533. The summed E-state index contributed by atoms with van der Waals surface area (Å²) in [5.41, 5.74) is 1.07. The number of nitrogens with one attached hydrogen (secondary N) is 2. The summed E-state index contributed by atoms with van der Waals surface area (Å²) in [5, 5.41) is 10.2. The van der Waals surface area contributed by atoms with E-state index in [0.717, 1.165) is 16.5 Å². The second kappa shape index (κ2) is 8.25. The van der Waals surface area contributed by atoms with Crippen molar-refractivity contribution in [3.63, 3.8) is 0 Å². The third-order valence-corrected chi connectivity index (χ3v) is 3.68. The molecule has 0 saturated heterocycles. The molecule has 0 radical (unpaired) electrons. The Labute approximate surface area is 127 Å². The number of nitrogens with zero attached hydrogens (tertiary/aromatic N) is 4. The molecule has 2 aromatic heterocycles. The molecule has 8 heteroatoms. The summed E-state index contributed by atoms with van der Waals surface area (Å²) in [7, 11) is 0. The summed E-state index contributed by atoms with van der Waals surface area (Å²) in [6.45, 7) is 3.78. The van der Waals surface area contributed by atoms with Gasteiger partial charge in [-0.1, -0.05) is 11.8 Å². The molecule has 0 bridgehead atoms. The summed E-state index contributed by atoms with van der Waals surface area (Å²) in [6, 6.07) is 3.76. The average Bonchev–Trinajstić information content (AvgIpc) is 3.03. The smallest absolute Gasteiger partial charge is 0.317 e. The van der Waals surface area contributed by atoms with Crippen LogP contribution in [0.1, 0.15) is 12.5 Å². The normalized spacial score (nSPS) is 10.3. The number of aromatic amines is 1. The third kappa shape index (κ3) is 5.07.